The lowest BCUT2D eigenvalue weighted by Gasteiger charge is -2.27. The van der Waals surface area contributed by atoms with Gasteiger partial charge in [-0.3, -0.25) is 4.90 Å². The van der Waals surface area contributed by atoms with Gasteiger partial charge in [0.05, 0.1) is 12.8 Å². The van der Waals surface area contributed by atoms with E-state index in [4.69, 9.17) is 17.0 Å². The molecule has 4 heteroatoms. The van der Waals surface area contributed by atoms with Crippen LogP contribution in [0.25, 0.3) is 0 Å². The van der Waals surface area contributed by atoms with Crippen molar-refractivity contribution in [2.45, 2.75) is 0 Å². The third-order valence-corrected chi connectivity index (χ3v) is 3.85. The van der Waals surface area contributed by atoms with E-state index < -0.39 is 0 Å². The highest BCUT2D eigenvalue weighted by atomic mass is 32.1. The summed E-state index contributed by atoms with van der Waals surface area (Å²) in [6.45, 7) is 0. The molecule has 0 saturated heterocycles. The van der Waals surface area contributed by atoms with Gasteiger partial charge in [0.25, 0.3) is 0 Å². The van der Waals surface area contributed by atoms with E-state index in [2.05, 4.69) is 5.32 Å². The molecule has 0 aromatic heterocycles. The number of hydrogen-bond acceptors (Lipinski definition) is 2. The topological polar surface area (TPSA) is 24.5 Å². The number of nitrogens with zero attached hydrogens (tertiary/aromatic N) is 1. The Labute approximate surface area is 147 Å². The van der Waals surface area contributed by atoms with Gasteiger partial charge in [0.15, 0.2) is 5.11 Å². The fourth-order valence-electron chi connectivity index (χ4n) is 2.46. The largest absolute Gasteiger partial charge is 0.495 e. The predicted octanol–water partition coefficient (Wildman–Crippen LogP) is 5.23. The van der Waals surface area contributed by atoms with Gasteiger partial charge in [-0.25, -0.2) is 0 Å². The Bertz CT molecular complexity index is 806. The van der Waals surface area contributed by atoms with Crippen molar-refractivity contribution >= 4 is 34.4 Å². The highest BCUT2D eigenvalue weighted by Crippen LogP contribution is 2.34. The van der Waals surface area contributed by atoms with Crippen LogP contribution in [0.4, 0.5) is 17.1 Å². The molecular weight excluding hydrogens is 316 g/mol. The van der Waals surface area contributed by atoms with Crippen LogP contribution in [0.2, 0.25) is 0 Å². The lowest BCUT2D eigenvalue weighted by Crippen LogP contribution is -2.30. The highest BCUT2D eigenvalue weighted by molar-refractivity contribution is 7.80. The molecule has 3 aromatic carbocycles. The summed E-state index contributed by atoms with van der Waals surface area (Å²) in [6, 6.07) is 27.7. The minimum absolute atomic E-state index is 0.580. The van der Waals surface area contributed by atoms with Crippen LogP contribution in [-0.2, 0) is 0 Å². The fourth-order valence-corrected chi connectivity index (χ4v) is 2.78. The van der Waals surface area contributed by atoms with E-state index in [9.17, 15) is 0 Å². The van der Waals surface area contributed by atoms with Crippen LogP contribution in [0.5, 0.6) is 5.75 Å². The molecule has 120 valence electrons. The van der Waals surface area contributed by atoms with E-state index in [1.165, 1.54) is 0 Å². The summed E-state index contributed by atoms with van der Waals surface area (Å²) in [5, 5.41) is 3.87. The Hall–Kier alpha value is -2.85. The van der Waals surface area contributed by atoms with Crippen molar-refractivity contribution in [3.8, 4) is 5.75 Å². The van der Waals surface area contributed by atoms with Crippen LogP contribution < -0.4 is 15.0 Å². The van der Waals surface area contributed by atoms with Crippen molar-refractivity contribution in [2.24, 2.45) is 0 Å². The van der Waals surface area contributed by atoms with Gasteiger partial charge in [-0.1, -0.05) is 48.5 Å². The van der Waals surface area contributed by atoms with E-state index in [-0.39, 0.29) is 0 Å². The van der Waals surface area contributed by atoms with Gasteiger partial charge in [0, 0.05) is 11.4 Å². The summed E-state index contributed by atoms with van der Waals surface area (Å²) in [5.74, 6) is 0.763. The Kier molecular flexibility index (Phi) is 5.08. The average molecular weight is 334 g/mol. The van der Waals surface area contributed by atoms with Crippen molar-refractivity contribution in [1.29, 1.82) is 0 Å². The van der Waals surface area contributed by atoms with Gasteiger partial charge in [-0.05, 0) is 48.6 Å². The lowest BCUT2D eigenvalue weighted by molar-refractivity contribution is 0.416. The zero-order chi connectivity index (χ0) is 16.8. The zero-order valence-corrected chi connectivity index (χ0v) is 14.2. The first-order valence-corrected chi connectivity index (χ1v) is 8.04. The van der Waals surface area contributed by atoms with Crippen LogP contribution in [-0.4, -0.2) is 12.2 Å². The molecule has 0 heterocycles. The second kappa shape index (κ2) is 7.62. The Balaban J connectivity index is 2.01. The van der Waals surface area contributed by atoms with Crippen molar-refractivity contribution in [3.63, 3.8) is 0 Å². The molecule has 0 fully saturated rings. The van der Waals surface area contributed by atoms with E-state index in [1.54, 1.807) is 7.11 Å². The van der Waals surface area contributed by atoms with Gasteiger partial charge in [0.2, 0.25) is 0 Å². The summed E-state index contributed by atoms with van der Waals surface area (Å²) in [7, 11) is 1.66. The molecule has 0 radical (unpaired) electrons. The number of rotatable bonds is 4. The first-order valence-electron chi connectivity index (χ1n) is 7.64. The smallest absolute Gasteiger partial charge is 0.182 e. The fraction of sp³-hybridized carbons (Fsp3) is 0.0500. The molecule has 3 nitrogen and oxygen atoms in total. The highest BCUT2D eigenvalue weighted by Gasteiger charge is 2.18. The first-order chi connectivity index (χ1) is 11.8. The average Bonchev–Trinajstić information content (AvgIpc) is 2.64. The number of para-hydroxylation sites is 4. The second-order valence-corrected chi connectivity index (χ2v) is 5.53. The third-order valence-electron chi connectivity index (χ3n) is 3.57. The molecule has 0 saturated carbocycles. The minimum Gasteiger partial charge on any atom is -0.495 e. The Morgan fingerprint density at radius 1 is 0.833 bits per heavy atom. The summed E-state index contributed by atoms with van der Waals surface area (Å²) < 4.78 is 5.52. The predicted molar refractivity (Wildman–Crippen MR) is 104 cm³/mol. The second-order valence-electron chi connectivity index (χ2n) is 5.14. The standard InChI is InChI=1S/C20H18N2OS/c1-23-19-15-9-8-14-18(19)22(17-12-6-3-7-13-17)20(24)21-16-10-4-2-5-11-16/h2-15H,1H3,(H,21,24). The number of thiocarbonyl (C=S) groups is 1. The normalized spacial score (nSPS) is 10.0. The van der Waals surface area contributed by atoms with Gasteiger partial charge in [-0.15, -0.1) is 0 Å². The van der Waals surface area contributed by atoms with Gasteiger partial charge in [0.1, 0.15) is 5.75 Å². The van der Waals surface area contributed by atoms with E-state index >= 15 is 0 Å². The molecule has 3 rings (SSSR count). The van der Waals surface area contributed by atoms with Crippen LogP contribution in [0.15, 0.2) is 84.9 Å². The number of nitrogens with one attached hydrogen (secondary N) is 1. The molecule has 3 aromatic rings. The number of methoxy groups -OCH3 is 1. The SMILES string of the molecule is COc1ccccc1N(C(=S)Nc1ccccc1)c1ccccc1. The van der Waals surface area contributed by atoms with Crippen molar-refractivity contribution in [3.05, 3.63) is 84.9 Å². The van der Waals surface area contributed by atoms with E-state index in [0.29, 0.717) is 5.11 Å². The summed E-state index contributed by atoms with van der Waals surface area (Å²) >= 11 is 5.69. The minimum atomic E-state index is 0.580. The first kappa shape index (κ1) is 16.0. The molecule has 0 aliphatic rings. The zero-order valence-electron chi connectivity index (χ0n) is 13.3. The number of ether oxygens (including phenoxy) is 1. The molecule has 0 bridgehead atoms. The summed E-state index contributed by atoms with van der Waals surface area (Å²) in [4.78, 5) is 1.97. The molecule has 0 spiro atoms. The number of anilines is 3. The van der Waals surface area contributed by atoms with Crippen LogP contribution in [0.1, 0.15) is 0 Å². The van der Waals surface area contributed by atoms with E-state index in [0.717, 1.165) is 22.8 Å². The molecule has 0 atom stereocenters. The van der Waals surface area contributed by atoms with E-state index in [1.807, 2.05) is 89.8 Å². The number of hydrogen-bond donors (Lipinski definition) is 1. The number of benzene rings is 3. The Morgan fingerprint density at radius 3 is 2.08 bits per heavy atom. The summed E-state index contributed by atoms with van der Waals surface area (Å²) in [6.07, 6.45) is 0. The quantitative estimate of drug-likeness (QED) is 0.660. The third kappa shape index (κ3) is 3.55. The molecular formula is C20H18N2OS. The maximum Gasteiger partial charge on any atom is 0.182 e. The van der Waals surface area contributed by atoms with Gasteiger partial charge >= 0.3 is 0 Å². The van der Waals surface area contributed by atoms with Crippen molar-refractivity contribution in [2.75, 3.05) is 17.3 Å². The molecule has 0 unspecified atom stereocenters. The Morgan fingerprint density at radius 2 is 1.42 bits per heavy atom. The van der Waals surface area contributed by atoms with Crippen molar-refractivity contribution in [1.82, 2.24) is 0 Å². The van der Waals surface area contributed by atoms with Crippen LogP contribution in [0.3, 0.4) is 0 Å². The molecule has 0 aliphatic heterocycles. The summed E-state index contributed by atoms with van der Waals surface area (Å²) in [5.41, 5.74) is 2.80. The monoisotopic (exact) mass is 334 g/mol. The maximum absolute atomic E-state index is 5.69. The molecule has 24 heavy (non-hydrogen) atoms. The molecule has 0 aliphatic carbocycles. The lowest BCUT2D eigenvalue weighted by atomic mass is 10.2. The molecule has 1 N–H and O–H groups in total. The van der Waals surface area contributed by atoms with Gasteiger partial charge < -0.3 is 10.1 Å². The van der Waals surface area contributed by atoms with Crippen molar-refractivity contribution < 1.29 is 4.74 Å². The van der Waals surface area contributed by atoms with Gasteiger partial charge in [-0.2, -0.15) is 0 Å². The molecule has 0 amide bonds. The maximum atomic E-state index is 5.69. The van der Waals surface area contributed by atoms with Crippen LogP contribution >= 0.6 is 12.2 Å². The van der Waals surface area contributed by atoms with Crippen LogP contribution in [0, 0.1) is 0 Å².